The number of aliphatic hydroxyl groups excluding tert-OH is 3. The first kappa shape index (κ1) is 79.7. The van der Waals surface area contributed by atoms with Crippen molar-refractivity contribution < 1.29 is 76.2 Å². The number of nitrogens with zero attached hydrogens (tertiary/aromatic N) is 6. The SMILES string of the molecule is C[Si](C)(C)Oc1coc(CO)cc1=O.Cc1cn(C)c(CON)cc1=O.Cc1cn(C)c(CON2C(=O)c3ccccc3C2=O)cc1=O.Cn1cc(O[Si](C)(C)C)c(=O)cc1CO.Cn1cc(O[Si](C)(C)C)c(=O)cc1CON1C(=O)c2ccccc2C1=O.O=c1cc(CO)occ1O. The standard InChI is InChI=1S/C18H20N2O5Si.C16H14N2O4.C10H17NO3Si.C9H14O4Si.C8H12N2O2.C6H6O4/c1-19-10-16(25-26(2,3)4)15(21)9-12(19)11-24-20-17(22)13-7-5-6-8-14(13)18(20)23;1-10-8-17(2)11(7-14(10)19)9-22-18-15(20)12-5-3-4-6-13(12)16(18)21;1-11-6-10(14-15(2,3)4)9(13)5-8(11)7-12;1-14(2,3)13-9-6-12-7(5-10)4-8(9)11;1-6-4-10(2)7(5-12-9)3-8(6)11;7-2-4-1-5(8)6(9)3-10-4/h5-10H,11H2,1-4H3;3-8H,9H2,1-2H3;5-6,12H,7H2,1-4H3;4,6,10H,5H2,1-3H3;3-4H,5,9H2,1-2H3;1,3,7,9H,2H2. The van der Waals surface area contributed by atoms with E-state index in [0.29, 0.717) is 50.6 Å². The van der Waals surface area contributed by atoms with E-state index in [1.807, 2.05) is 70.5 Å². The van der Waals surface area contributed by atoms with E-state index in [9.17, 15) is 47.9 Å². The summed E-state index contributed by atoms with van der Waals surface area (Å²) >= 11 is 0. The van der Waals surface area contributed by atoms with Crippen LogP contribution in [0, 0.1) is 13.8 Å². The molecule has 2 aliphatic rings. The summed E-state index contributed by atoms with van der Waals surface area (Å²) in [5.41, 5.74) is 3.75. The largest absolute Gasteiger partial charge is 0.541 e. The number of amides is 4. The zero-order valence-corrected chi connectivity index (χ0v) is 60.7. The summed E-state index contributed by atoms with van der Waals surface area (Å²) in [5, 5.41) is 36.3. The fourth-order valence-electron chi connectivity index (χ4n) is 8.67. The smallest absolute Gasteiger partial charge is 0.285 e. The van der Waals surface area contributed by atoms with Gasteiger partial charge in [0.25, 0.3) is 23.6 Å². The topological polar surface area (TPSA) is 386 Å². The van der Waals surface area contributed by atoms with Crippen LogP contribution in [0.2, 0.25) is 58.9 Å². The summed E-state index contributed by atoms with van der Waals surface area (Å²) in [6.45, 7) is 20.8. The zero-order chi connectivity index (χ0) is 74.0. The predicted octanol–water partition coefficient (Wildman–Crippen LogP) is 6.11. The van der Waals surface area contributed by atoms with Crippen molar-refractivity contribution in [3.05, 3.63) is 251 Å². The monoisotopic (exact) mass is 1420 g/mol. The number of pyridine rings is 4. The molecule has 32 heteroatoms. The number of aryl methyl sites for hydroxylation is 6. The average Bonchev–Trinajstić information content (AvgIpc) is 1.65. The van der Waals surface area contributed by atoms with Crippen molar-refractivity contribution in [2.75, 3.05) is 0 Å². The van der Waals surface area contributed by atoms with Gasteiger partial charge in [-0.15, -0.1) is 10.1 Å². The predicted molar refractivity (Wildman–Crippen MR) is 370 cm³/mol. The van der Waals surface area contributed by atoms with Crippen LogP contribution in [0.25, 0.3) is 0 Å². The lowest BCUT2D eigenvalue weighted by atomic mass is 10.1. The fourth-order valence-corrected chi connectivity index (χ4v) is 11.1. The molecule has 2 aromatic carbocycles. The molecule has 0 spiro atoms. The molecular weight excluding hydrogens is 1340 g/mol. The maximum Gasteiger partial charge on any atom is 0.285 e. The summed E-state index contributed by atoms with van der Waals surface area (Å²) in [4.78, 5) is 133. The average molecular weight is 1420 g/mol. The number of aliphatic hydroxyl groups is 3. The van der Waals surface area contributed by atoms with Gasteiger partial charge in [0.15, 0.2) is 33.9 Å². The number of carbonyl (C=O) groups excluding carboxylic acids is 4. The van der Waals surface area contributed by atoms with E-state index in [1.54, 1.807) is 122 Å². The Balaban J connectivity index is 0.000000221. The van der Waals surface area contributed by atoms with E-state index in [2.05, 4.69) is 9.25 Å². The van der Waals surface area contributed by atoms with E-state index in [1.165, 1.54) is 36.6 Å². The summed E-state index contributed by atoms with van der Waals surface area (Å²) in [6, 6.07) is 21.1. The maximum atomic E-state index is 12.3. The van der Waals surface area contributed by atoms with Crippen LogP contribution < -0.4 is 51.7 Å². The Labute approximate surface area is 571 Å². The lowest BCUT2D eigenvalue weighted by Gasteiger charge is -2.20. The number of benzene rings is 2. The highest BCUT2D eigenvalue weighted by molar-refractivity contribution is 6.71. The lowest BCUT2D eigenvalue weighted by molar-refractivity contribution is -0.102. The molecule has 8 aromatic rings. The van der Waals surface area contributed by atoms with Crippen molar-refractivity contribution >= 4 is 48.6 Å². The molecule has 99 heavy (non-hydrogen) atoms. The van der Waals surface area contributed by atoms with Crippen molar-refractivity contribution in [1.82, 2.24) is 28.4 Å². The first-order valence-corrected chi connectivity index (χ1v) is 40.6. The van der Waals surface area contributed by atoms with Gasteiger partial charge in [0, 0.05) is 118 Å². The first-order valence-electron chi connectivity index (χ1n) is 30.4. The minimum Gasteiger partial charge on any atom is -0.541 e. The third-order valence-corrected chi connectivity index (χ3v) is 16.0. The molecule has 4 amide bonds. The lowest BCUT2D eigenvalue weighted by Crippen LogP contribution is -2.33. The number of aromatic hydroxyl groups is 1. The Morgan fingerprint density at radius 1 is 0.404 bits per heavy atom. The number of aromatic nitrogens is 4. The van der Waals surface area contributed by atoms with Crippen molar-refractivity contribution in [2.45, 2.75) is 112 Å². The van der Waals surface area contributed by atoms with Crippen molar-refractivity contribution in [3.63, 3.8) is 0 Å². The van der Waals surface area contributed by atoms with Gasteiger partial charge in [0.05, 0.1) is 34.6 Å². The molecule has 0 radical (unpaired) electrons. The molecule has 10 rings (SSSR count). The Morgan fingerprint density at radius 2 is 0.717 bits per heavy atom. The molecule has 0 atom stereocenters. The highest BCUT2D eigenvalue weighted by Crippen LogP contribution is 2.25. The van der Waals surface area contributed by atoms with Crippen LogP contribution in [0.5, 0.6) is 23.0 Å². The molecule has 0 unspecified atom stereocenters. The van der Waals surface area contributed by atoms with Crippen molar-refractivity contribution in [3.8, 4) is 23.0 Å². The number of hydrogen-bond donors (Lipinski definition) is 5. The van der Waals surface area contributed by atoms with Crippen LogP contribution in [0.15, 0.2) is 160 Å². The molecular formula is C67H83N7O22Si3. The second-order valence-corrected chi connectivity index (χ2v) is 38.4. The first-order chi connectivity index (χ1) is 46.3. The van der Waals surface area contributed by atoms with Gasteiger partial charge in [0.2, 0.25) is 46.7 Å². The quantitative estimate of drug-likeness (QED) is 0.0390. The second-order valence-electron chi connectivity index (χ2n) is 25.1. The van der Waals surface area contributed by atoms with Gasteiger partial charge >= 0.3 is 0 Å². The number of imide groups is 2. The van der Waals surface area contributed by atoms with Gasteiger partial charge in [-0.2, -0.15) is 0 Å². The molecule has 29 nitrogen and oxygen atoms in total. The second kappa shape index (κ2) is 35.0. The molecule has 8 heterocycles. The van der Waals surface area contributed by atoms with Crippen LogP contribution in [0.4, 0.5) is 0 Å². The number of fused-ring (bicyclic) bond motifs is 2. The number of carbonyl (C=O) groups is 4. The van der Waals surface area contributed by atoms with Crippen molar-refractivity contribution in [2.24, 2.45) is 34.1 Å². The Bertz CT molecular complexity index is 4530. The molecule has 530 valence electrons. The Morgan fingerprint density at radius 3 is 1.06 bits per heavy atom. The maximum absolute atomic E-state index is 12.3. The molecule has 0 saturated carbocycles. The van der Waals surface area contributed by atoms with Gasteiger partial charge in [-0.1, -0.05) is 24.3 Å². The number of nitrogens with two attached hydrogens (primary N) is 1. The third kappa shape index (κ3) is 23.1. The van der Waals surface area contributed by atoms with Gasteiger partial charge in [-0.3, -0.25) is 62.5 Å². The number of hydrogen-bond acceptors (Lipinski definition) is 23. The van der Waals surface area contributed by atoms with E-state index in [0.717, 1.165) is 33.7 Å². The van der Waals surface area contributed by atoms with Gasteiger partial charge < -0.3 is 60.8 Å². The molecule has 0 saturated heterocycles. The molecule has 2 aliphatic heterocycles. The molecule has 0 aliphatic carbocycles. The summed E-state index contributed by atoms with van der Waals surface area (Å²) in [7, 11) is 1.71. The summed E-state index contributed by atoms with van der Waals surface area (Å²) in [6.07, 6.45) is 8.83. The molecule has 0 bridgehead atoms. The fraction of sp³-hybridized carbons (Fsp3) is 0.313. The molecule has 0 fully saturated rings. The van der Waals surface area contributed by atoms with Crippen LogP contribution in [0.1, 0.15) is 86.9 Å². The highest BCUT2D eigenvalue weighted by Gasteiger charge is 2.38. The van der Waals surface area contributed by atoms with Gasteiger partial charge in [-0.25, -0.2) is 5.90 Å². The highest BCUT2D eigenvalue weighted by atomic mass is 28.4. The van der Waals surface area contributed by atoms with E-state index < -0.39 is 59.8 Å². The van der Waals surface area contributed by atoms with E-state index in [4.69, 9.17) is 53.7 Å². The van der Waals surface area contributed by atoms with Gasteiger partial charge in [-0.05, 0) is 97.0 Å². The molecule has 6 aromatic heterocycles. The number of rotatable bonds is 17. The number of hydroxylamine groups is 4. The van der Waals surface area contributed by atoms with Gasteiger partial charge in [0.1, 0.15) is 57.1 Å². The van der Waals surface area contributed by atoms with E-state index in [-0.39, 0.29) is 89.8 Å². The minimum absolute atomic E-state index is 0.0140. The van der Waals surface area contributed by atoms with E-state index >= 15 is 0 Å². The Kier molecular flexibility index (Phi) is 28.1. The Hall–Kier alpha value is -10.0. The normalized spacial score (nSPS) is 12.3. The van der Waals surface area contributed by atoms with Crippen LogP contribution in [-0.2, 0) is 82.3 Å². The molecule has 6 N–H and O–H groups in total. The minimum atomic E-state index is -1.91. The summed E-state index contributed by atoms with van der Waals surface area (Å²) in [5.74, 6) is 3.74. The van der Waals surface area contributed by atoms with Crippen LogP contribution >= 0.6 is 0 Å². The summed E-state index contributed by atoms with van der Waals surface area (Å²) < 4.78 is 33.4. The van der Waals surface area contributed by atoms with Crippen LogP contribution in [0.3, 0.4) is 0 Å². The van der Waals surface area contributed by atoms with Crippen LogP contribution in [-0.4, -0.2) is 97.4 Å². The zero-order valence-electron chi connectivity index (χ0n) is 57.7. The third-order valence-electron chi connectivity index (χ3n) is 13.5. The van der Waals surface area contributed by atoms with Crippen molar-refractivity contribution in [1.29, 1.82) is 0 Å².